The van der Waals surface area contributed by atoms with Crippen molar-refractivity contribution in [3.63, 3.8) is 0 Å². The van der Waals surface area contributed by atoms with Gasteiger partial charge in [-0.05, 0) is 36.4 Å². The second-order valence-electron chi connectivity index (χ2n) is 4.70. The van der Waals surface area contributed by atoms with Gasteiger partial charge >= 0.3 is 6.03 Å². The Morgan fingerprint density at radius 1 is 1.05 bits per heavy atom. The third-order valence-electron chi connectivity index (χ3n) is 3.22. The summed E-state index contributed by atoms with van der Waals surface area (Å²) in [6, 6.07) is 14.7. The van der Waals surface area contributed by atoms with Gasteiger partial charge in [0, 0.05) is 16.9 Å². The van der Waals surface area contributed by atoms with E-state index in [1.807, 2.05) is 6.07 Å². The number of para-hydroxylation sites is 1. The van der Waals surface area contributed by atoms with Crippen molar-refractivity contribution < 1.29 is 9.59 Å². The minimum atomic E-state index is -0.773. The average Bonchev–Trinajstić information content (AvgIpc) is 2.81. The maximum atomic E-state index is 12.0. The zero-order valence-electron chi connectivity index (χ0n) is 11.4. The largest absolute Gasteiger partial charge is 0.329 e. The molecule has 1 atom stereocenters. The lowest BCUT2D eigenvalue weighted by Gasteiger charge is -2.18. The number of nitrogens with zero attached hydrogens (tertiary/aromatic N) is 2. The van der Waals surface area contributed by atoms with Crippen molar-refractivity contribution in [2.45, 2.75) is 6.04 Å². The lowest BCUT2D eigenvalue weighted by atomic mass is 10.2. The van der Waals surface area contributed by atoms with Crippen LogP contribution in [-0.4, -0.2) is 24.2 Å². The summed E-state index contributed by atoms with van der Waals surface area (Å²) in [7, 11) is 0. The maximum absolute atomic E-state index is 12.0. The van der Waals surface area contributed by atoms with Gasteiger partial charge in [0.1, 0.15) is 0 Å². The van der Waals surface area contributed by atoms with E-state index in [0.717, 1.165) is 0 Å². The Morgan fingerprint density at radius 3 is 2.41 bits per heavy atom. The molecule has 0 radical (unpaired) electrons. The van der Waals surface area contributed by atoms with E-state index in [0.29, 0.717) is 16.4 Å². The molecule has 3 rings (SSSR count). The van der Waals surface area contributed by atoms with E-state index in [-0.39, 0.29) is 0 Å². The van der Waals surface area contributed by atoms with E-state index in [4.69, 9.17) is 11.6 Å². The number of rotatable bonds is 3. The second kappa shape index (κ2) is 5.99. The van der Waals surface area contributed by atoms with E-state index < -0.39 is 18.0 Å². The van der Waals surface area contributed by atoms with Crippen LogP contribution in [0.3, 0.4) is 0 Å². The zero-order valence-corrected chi connectivity index (χ0v) is 12.2. The minimum Gasteiger partial charge on any atom is -0.277 e. The fourth-order valence-electron chi connectivity index (χ4n) is 2.17. The number of hydrogen-bond acceptors (Lipinski definition) is 3. The molecular weight excluding hydrogens is 302 g/mol. The molecule has 0 aliphatic carbocycles. The molecule has 1 heterocycles. The van der Waals surface area contributed by atoms with Gasteiger partial charge in [-0.25, -0.2) is 4.79 Å². The summed E-state index contributed by atoms with van der Waals surface area (Å²) in [6.45, 7) is 0. The standard InChI is InChI=1S/C16H12ClN3O2/c17-11-6-8-12(9-7-11)18-10-14-15(21)19-16(22)20(14)13-4-2-1-3-5-13/h1-10,14H,(H,19,21,22)/t14-/m0/s1. The van der Waals surface area contributed by atoms with Crippen molar-refractivity contribution in [3.8, 4) is 0 Å². The third kappa shape index (κ3) is 2.84. The molecule has 22 heavy (non-hydrogen) atoms. The van der Waals surface area contributed by atoms with Crippen molar-refractivity contribution in [2.75, 3.05) is 4.90 Å². The van der Waals surface area contributed by atoms with Gasteiger partial charge < -0.3 is 0 Å². The lowest BCUT2D eigenvalue weighted by Crippen LogP contribution is -2.36. The Kier molecular flexibility index (Phi) is 3.89. The van der Waals surface area contributed by atoms with Crippen LogP contribution in [0, 0.1) is 0 Å². The summed E-state index contributed by atoms with van der Waals surface area (Å²) in [5, 5.41) is 2.91. The molecule has 3 amide bonds. The molecule has 1 aliphatic heterocycles. The molecule has 1 saturated heterocycles. The van der Waals surface area contributed by atoms with Crippen LogP contribution in [0.4, 0.5) is 16.2 Å². The summed E-state index contributed by atoms with van der Waals surface area (Å²) in [5.74, 6) is -0.397. The van der Waals surface area contributed by atoms with Crippen LogP contribution < -0.4 is 10.2 Å². The lowest BCUT2D eigenvalue weighted by molar-refractivity contribution is -0.118. The van der Waals surface area contributed by atoms with Crippen molar-refractivity contribution in [2.24, 2.45) is 4.99 Å². The number of anilines is 1. The molecule has 1 aliphatic rings. The van der Waals surface area contributed by atoms with E-state index in [2.05, 4.69) is 10.3 Å². The first-order valence-corrected chi connectivity index (χ1v) is 7.02. The molecule has 0 bridgehead atoms. The number of imide groups is 1. The van der Waals surface area contributed by atoms with Crippen molar-refractivity contribution in [3.05, 3.63) is 59.6 Å². The van der Waals surface area contributed by atoms with Gasteiger partial charge in [-0.15, -0.1) is 0 Å². The van der Waals surface area contributed by atoms with Gasteiger partial charge in [0.2, 0.25) is 0 Å². The Balaban J connectivity index is 1.88. The summed E-state index contributed by atoms with van der Waals surface area (Å²) < 4.78 is 0. The van der Waals surface area contributed by atoms with Gasteiger partial charge in [0.15, 0.2) is 6.04 Å². The predicted octanol–water partition coefficient (Wildman–Crippen LogP) is 3.17. The number of halogens is 1. The summed E-state index contributed by atoms with van der Waals surface area (Å²) >= 11 is 5.82. The number of urea groups is 1. The van der Waals surface area contributed by atoms with Crippen LogP contribution >= 0.6 is 11.6 Å². The van der Waals surface area contributed by atoms with Crippen LogP contribution in [0.25, 0.3) is 0 Å². The summed E-state index contributed by atoms with van der Waals surface area (Å²) in [6.07, 6.45) is 1.45. The Bertz CT molecular complexity index is 729. The molecule has 0 unspecified atom stereocenters. The average molecular weight is 314 g/mol. The number of carbonyl (C=O) groups excluding carboxylic acids is 2. The molecule has 0 aromatic heterocycles. The van der Waals surface area contributed by atoms with Crippen LogP contribution in [0.1, 0.15) is 0 Å². The number of hydrogen-bond donors (Lipinski definition) is 1. The van der Waals surface area contributed by atoms with E-state index in [1.54, 1.807) is 48.5 Å². The molecule has 1 fully saturated rings. The topological polar surface area (TPSA) is 61.8 Å². The van der Waals surface area contributed by atoms with Crippen LogP contribution in [0.5, 0.6) is 0 Å². The molecule has 5 nitrogen and oxygen atoms in total. The highest BCUT2D eigenvalue weighted by atomic mass is 35.5. The predicted molar refractivity (Wildman–Crippen MR) is 85.9 cm³/mol. The van der Waals surface area contributed by atoms with Gasteiger partial charge in [0.25, 0.3) is 5.91 Å². The van der Waals surface area contributed by atoms with Gasteiger partial charge in [0.05, 0.1) is 5.69 Å². The molecule has 110 valence electrons. The zero-order chi connectivity index (χ0) is 15.5. The number of carbonyl (C=O) groups is 2. The van der Waals surface area contributed by atoms with Crippen LogP contribution in [0.2, 0.25) is 5.02 Å². The van der Waals surface area contributed by atoms with Crippen LogP contribution in [-0.2, 0) is 4.79 Å². The second-order valence-corrected chi connectivity index (χ2v) is 5.14. The van der Waals surface area contributed by atoms with Crippen molar-refractivity contribution in [1.82, 2.24) is 5.32 Å². The van der Waals surface area contributed by atoms with Crippen molar-refractivity contribution in [1.29, 1.82) is 0 Å². The SMILES string of the molecule is O=C1NC(=O)N(c2ccccc2)[C@H]1C=Nc1ccc(Cl)cc1. The highest BCUT2D eigenvalue weighted by Gasteiger charge is 2.38. The van der Waals surface area contributed by atoms with E-state index >= 15 is 0 Å². The summed E-state index contributed by atoms with van der Waals surface area (Å²) in [4.78, 5) is 29.6. The van der Waals surface area contributed by atoms with E-state index in [1.165, 1.54) is 11.1 Å². The highest BCUT2D eigenvalue weighted by Crippen LogP contribution is 2.21. The normalized spacial score (nSPS) is 18.0. The molecule has 0 saturated carbocycles. The highest BCUT2D eigenvalue weighted by molar-refractivity contribution is 6.30. The Morgan fingerprint density at radius 2 is 1.73 bits per heavy atom. The first-order valence-electron chi connectivity index (χ1n) is 6.64. The first kappa shape index (κ1) is 14.3. The number of nitrogens with one attached hydrogen (secondary N) is 1. The maximum Gasteiger partial charge on any atom is 0.329 e. The molecular formula is C16H12ClN3O2. The fourth-order valence-corrected chi connectivity index (χ4v) is 2.29. The van der Waals surface area contributed by atoms with Crippen molar-refractivity contribution >= 4 is 41.1 Å². The minimum absolute atomic E-state index is 0.397. The smallest absolute Gasteiger partial charge is 0.277 e. The third-order valence-corrected chi connectivity index (χ3v) is 3.47. The summed E-state index contributed by atoms with van der Waals surface area (Å²) in [5.41, 5.74) is 1.29. The first-order chi connectivity index (χ1) is 10.6. The number of amides is 3. The molecule has 0 spiro atoms. The molecule has 2 aromatic rings. The van der Waals surface area contributed by atoms with E-state index in [9.17, 15) is 9.59 Å². The van der Waals surface area contributed by atoms with Gasteiger partial charge in [-0.3, -0.25) is 20.0 Å². The Labute approximate surface area is 132 Å². The molecule has 2 aromatic carbocycles. The van der Waals surface area contributed by atoms with Gasteiger partial charge in [-0.1, -0.05) is 29.8 Å². The fraction of sp³-hybridized carbons (Fsp3) is 0.0625. The quantitative estimate of drug-likeness (QED) is 0.699. The number of benzene rings is 2. The number of aliphatic imine (C=N–C) groups is 1. The molecule has 6 heteroatoms. The van der Waals surface area contributed by atoms with Gasteiger partial charge in [-0.2, -0.15) is 0 Å². The monoisotopic (exact) mass is 313 g/mol. The molecule has 1 N–H and O–H groups in total. The Hall–Kier alpha value is -2.66. The van der Waals surface area contributed by atoms with Crippen LogP contribution in [0.15, 0.2) is 59.6 Å².